The van der Waals surface area contributed by atoms with Crippen molar-refractivity contribution in [2.75, 3.05) is 13.2 Å². The molecule has 3 unspecified atom stereocenters. The largest absolute Gasteiger partial charge is 0.481 e. The van der Waals surface area contributed by atoms with Gasteiger partial charge in [-0.3, -0.25) is 10.0 Å². The molecule has 1 fully saturated rings. The van der Waals surface area contributed by atoms with E-state index in [1.54, 1.807) is 6.92 Å². The monoisotopic (exact) mass is 426 g/mol. The molecule has 2 rings (SSSR count). The minimum Gasteiger partial charge on any atom is -0.481 e. The van der Waals surface area contributed by atoms with Gasteiger partial charge in [0.1, 0.15) is 24.5 Å². The van der Waals surface area contributed by atoms with Crippen molar-refractivity contribution in [1.82, 2.24) is 9.79 Å². The van der Waals surface area contributed by atoms with Gasteiger partial charge in [-0.05, 0) is 50.5 Å². The Morgan fingerprint density at radius 3 is 2.66 bits per heavy atom. The zero-order valence-corrected chi connectivity index (χ0v) is 17.1. The molecule has 29 heavy (non-hydrogen) atoms. The minimum absolute atomic E-state index is 0.0319. The number of aliphatic hydroxyl groups is 2. The summed E-state index contributed by atoms with van der Waals surface area (Å²) in [5.74, 6) is 4.67. The Morgan fingerprint density at radius 1 is 1.41 bits per heavy atom. The summed E-state index contributed by atoms with van der Waals surface area (Å²) in [5.41, 5.74) is -0.184. The predicted octanol–water partition coefficient (Wildman–Crippen LogP) is 0.249. The molecule has 1 saturated heterocycles. The number of nitrogens with zero attached hydrogens (tertiary/aromatic N) is 1. The Kier molecular flexibility index (Phi) is 7.62. The van der Waals surface area contributed by atoms with E-state index in [1.165, 1.54) is 36.7 Å². The predicted molar refractivity (Wildman–Crippen MR) is 103 cm³/mol. The Labute approximate surface area is 170 Å². The number of amides is 1. The van der Waals surface area contributed by atoms with Gasteiger partial charge in [-0.1, -0.05) is 18.8 Å². The molecule has 4 N–H and O–H groups in total. The van der Waals surface area contributed by atoms with Crippen LogP contribution in [0.15, 0.2) is 29.2 Å². The topological polar surface area (TPSA) is 136 Å². The standard InChI is InChI=1S/C19H26N2O7S/c1-3-14(22)6-4-13-28-15-7-9-16(10-8-15)29(26,27)21-12-5-11-19(2,24)17(21)18(23)20-25/h7-10,14,17,22,24-25H,3,5,11-13H2,1-2H3,(H,20,23). The zero-order valence-electron chi connectivity index (χ0n) is 16.3. The van der Waals surface area contributed by atoms with Gasteiger partial charge in [0.25, 0.3) is 5.91 Å². The normalized spacial score (nSPS) is 23.6. The number of carbonyl (C=O) groups is 1. The highest BCUT2D eigenvalue weighted by Crippen LogP contribution is 2.32. The van der Waals surface area contributed by atoms with Crippen LogP contribution in [-0.4, -0.2) is 64.9 Å². The van der Waals surface area contributed by atoms with E-state index in [9.17, 15) is 23.4 Å². The second-order valence-corrected chi connectivity index (χ2v) is 8.85. The number of aliphatic hydroxyl groups excluding tert-OH is 1. The number of sulfonamides is 1. The van der Waals surface area contributed by atoms with Crippen LogP contribution < -0.4 is 10.2 Å². The number of rotatable bonds is 6. The molecule has 0 spiro atoms. The highest BCUT2D eigenvalue weighted by Gasteiger charge is 2.49. The van der Waals surface area contributed by atoms with Gasteiger partial charge in [0.2, 0.25) is 10.0 Å². The van der Waals surface area contributed by atoms with E-state index in [1.807, 2.05) is 0 Å². The van der Waals surface area contributed by atoms with Crippen molar-refractivity contribution in [2.45, 2.75) is 55.8 Å². The van der Waals surface area contributed by atoms with Crippen LogP contribution in [0.2, 0.25) is 0 Å². The fourth-order valence-corrected chi connectivity index (χ4v) is 4.85. The van der Waals surface area contributed by atoms with E-state index in [2.05, 4.69) is 11.8 Å². The van der Waals surface area contributed by atoms with Crippen LogP contribution in [0.5, 0.6) is 5.75 Å². The molecule has 0 bridgehead atoms. The second kappa shape index (κ2) is 9.56. The van der Waals surface area contributed by atoms with Crippen LogP contribution in [0, 0.1) is 11.8 Å². The number of nitrogens with one attached hydrogen (secondary N) is 1. The van der Waals surface area contributed by atoms with E-state index < -0.39 is 33.7 Å². The number of hydrogen-bond acceptors (Lipinski definition) is 7. The van der Waals surface area contributed by atoms with E-state index in [0.717, 1.165) is 4.31 Å². The fraction of sp³-hybridized carbons (Fsp3) is 0.526. The first-order chi connectivity index (χ1) is 13.6. The zero-order chi connectivity index (χ0) is 21.7. The van der Waals surface area contributed by atoms with Gasteiger partial charge >= 0.3 is 0 Å². The fourth-order valence-electron chi connectivity index (χ4n) is 3.13. The van der Waals surface area contributed by atoms with Gasteiger partial charge < -0.3 is 14.9 Å². The van der Waals surface area contributed by atoms with Crippen molar-refractivity contribution in [3.05, 3.63) is 24.3 Å². The third kappa shape index (κ3) is 5.46. The number of hydroxylamine groups is 1. The molecule has 1 aliphatic heterocycles. The van der Waals surface area contributed by atoms with Gasteiger partial charge in [-0.15, -0.1) is 0 Å². The minimum atomic E-state index is -4.11. The van der Waals surface area contributed by atoms with Crippen molar-refractivity contribution in [3.8, 4) is 17.6 Å². The van der Waals surface area contributed by atoms with E-state index in [0.29, 0.717) is 18.6 Å². The first-order valence-corrected chi connectivity index (χ1v) is 10.6. The first-order valence-electron chi connectivity index (χ1n) is 9.21. The highest BCUT2D eigenvalue weighted by molar-refractivity contribution is 7.89. The molecule has 9 nitrogen and oxygen atoms in total. The Bertz CT molecular complexity index is 872. The summed E-state index contributed by atoms with van der Waals surface area (Å²) < 4.78 is 32.4. The average Bonchev–Trinajstić information content (AvgIpc) is 2.69. The van der Waals surface area contributed by atoms with Gasteiger partial charge in [0.15, 0.2) is 0 Å². The molecule has 3 atom stereocenters. The molecule has 160 valence electrons. The molecular weight excluding hydrogens is 400 g/mol. The van der Waals surface area contributed by atoms with E-state index in [-0.39, 0.29) is 24.5 Å². The maximum atomic E-state index is 13.0. The van der Waals surface area contributed by atoms with Gasteiger partial charge in [0.05, 0.1) is 10.5 Å². The molecule has 1 amide bonds. The summed E-state index contributed by atoms with van der Waals surface area (Å²) in [7, 11) is -4.11. The van der Waals surface area contributed by atoms with Crippen LogP contribution in [0.3, 0.4) is 0 Å². The number of ether oxygens (including phenoxy) is 1. The summed E-state index contributed by atoms with van der Waals surface area (Å²) in [5, 5.41) is 28.9. The summed E-state index contributed by atoms with van der Waals surface area (Å²) >= 11 is 0. The van der Waals surface area contributed by atoms with Crippen LogP contribution in [0.25, 0.3) is 0 Å². The maximum Gasteiger partial charge on any atom is 0.264 e. The van der Waals surface area contributed by atoms with Crippen molar-refractivity contribution < 1.29 is 33.4 Å². The molecule has 0 saturated carbocycles. The van der Waals surface area contributed by atoms with Crippen LogP contribution in [0.1, 0.15) is 33.1 Å². The Hall–Kier alpha value is -2.16. The smallest absolute Gasteiger partial charge is 0.264 e. The van der Waals surface area contributed by atoms with Crippen molar-refractivity contribution >= 4 is 15.9 Å². The Morgan fingerprint density at radius 2 is 2.07 bits per heavy atom. The molecule has 0 radical (unpaired) electrons. The van der Waals surface area contributed by atoms with Gasteiger partial charge in [0, 0.05) is 6.54 Å². The highest BCUT2D eigenvalue weighted by atomic mass is 32.2. The van der Waals surface area contributed by atoms with Crippen LogP contribution in [0.4, 0.5) is 0 Å². The SMILES string of the molecule is CCC(O)C#CCOc1ccc(S(=O)(=O)N2CCCC(C)(O)C2C(=O)NO)cc1. The molecule has 10 heteroatoms. The number of hydrogen-bond donors (Lipinski definition) is 4. The summed E-state index contributed by atoms with van der Waals surface area (Å²) in [6, 6.07) is 4.11. The van der Waals surface area contributed by atoms with E-state index in [4.69, 9.17) is 9.94 Å². The second-order valence-electron chi connectivity index (χ2n) is 6.96. The molecule has 0 aromatic heterocycles. The molecule has 0 aliphatic carbocycles. The summed E-state index contributed by atoms with van der Waals surface area (Å²) in [4.78, 5) is 12.0. The lowest BCUT2D eigenvalue weighted by Crippen LogP contribution is -2.62. The van der Waals surface area contributed by atoms with Gasteiger partial charge in [-0.2, -0.15) is 4.31 Å². The number of carbonyl (C=O) groups excluding carboxylic acids is 1. The summed E-state index contributed by atoms with van der Waals surface area (Å²) in [6.45, 7) is 3.24. The maximum absolute atomic E-state index is 13.0. The lowest BCUT2D eigenvalue weighted by molar-refractivity contribution is -0.144. The lowest BCUT2D eigenvalue weighted by Gasteiger charge is -2.42. The van der Waals surface area contributed by atoms with Crippen LogP contribution in [-0.2, 0) is 14.8 Å². The third-order valence-corrected chi connectivity index (χ3v) is 6.57. The quantitative estimate of drug-likeness (QED) is 0.291. The number of piperidine rings is 1. The number of benzene rings is 1. The lowest BCUT2D eigenvalue weighted by atomic mass is 9.87. The van der Waals surface area contributed by atoms with Crippen molar-refractivity contribution in [2.24, 2.45) is 0 Å². The third-order valence-electron chi connectivity index (χ3n) is 4.69. The van der Waals surface area contributed by atoms with Crippen molar-refractivity contribution in [1.29, 1.82) is 0 Å². The molecule has 1 heterocycles. The van der Waals surface area contributed by atoms with Gasteiger partial charge in [-0.25, -0.2) is 13.9 Å². The molecule has 1 aromatic rings. The molecule has 1 aliphatic rings. The summed E-state index contributed by atoms with van der Waals surface area (Å²) in [6.07, 6.45) is 0.387. The van der Waals surface area contributed by atoms with E-state index >= 15 is 0 Å². The molecule has 1 aromatic carbocycles. The van der Waals surface area contributed by atoms with Crippen molar-refractivity contribution in [3.63, 3.8) is 0 Å². The Balaban J connectivity index is 2.19. The first kappa shape index (κ1) is 23.1. The average molecular weight is 426 g/mol. The van der Waals surface area contributed by atoms with Crippen LogP contribution >= 0.6 is 0 Å². The molecular formula is C19H26N2O7S.